The van der Waals surface area contributed by atoms with Crippen LogP contribution in [-0.4, -0.2) is 16.2 Å². The van der Waals surface area contributed by atoms with Crippen LogP contribution in [0.5, 0.6) is 5.88 Å². The molecular formula is C15H13ClN2O2. The molecule has 0 aliphatic rings. The molecule has 0 unspecified atom stereocenters. The molecule has 4 nitrogen and oxygen atoms in total. The van der Waals surface area contributed by atoms with Crippen molar-refractivity contribution in [2.24, 2.45) is 0 Å². The number of rotatable bonds is 5. The Bertz CT molecular complexity index is 675. The first-order chi connectivity index (χ1) is 9.70. The minimum absolute atomic E-state index is 0.0244. The first-order valence-electron chi connectivity index (χ1n) is 6.08. The van der Waals surface area contributed by atoms with E-state index in [9.17, 15) is 4.79 Å². The molecule has 102 valence electrons. The number of hydrogen-bond acceptors (Lipinski definition) is 3. The number of halogens is 1. The van der Waals surface area contributed by atoms with E-state index in [1.807, 2.05) is 30.3 Å². The standard InChI is InChI=1S/C15H13ClN2O2/c1-2-3-9-20-14-15(19)18(11-13(16)17-14)10-12-7-5-4-6-8-12/h1,4-8,11H,3,9-10H2. The molecular weight excluding hydrogens is 276 g/mol. The summed E-state index contributed by atoms with van der Waals surface area (Å²) in [6, 6.07) is 9.60. The van der Waals surface area contributed by atoms with Gasteiger partial charge in [0, 0.05) is 12.6 Å². The van der Waals surface area contributed by atoms with Gasteiger partial charge in [-0.2, -0.15) is 4.98 Å². The first kappa shape index (κ1) is 14.2. The molecule has 2 aromatic rings. The van der Waals surface area contributed by atoms with E-state index >= 15 is 0 Å². The van der Waals surface area contributed by atoms with Crippen molar-refractivity contribution in [2.75, 3.05) is 6.61 Å². The molecule has 0 saturated carbocycles. The maximum atomic E-state index is 12.2. The molecule has 1 aromatic carbocycles. The molecule has 0 spiro atoms. The van der Waals surface area contributed by atoms with Crippen LogP contribution in [0.3, 0.4) is 0 Å². The fraction of sp³-hybridized carbons (Fsp3) is 0.200. The number of terminal acetylenes is 1. The summed E-state index contributed by atoms with van der Waals surface area (Å²) in [7, 11) is 0. The molecule has 20 heavy (non-hydrogen) atoms. The highest BCUT2D eigenvalue weighted by atomic mass is 35.5. The Morgan fingerprint density at radius 1 is 1.35 bits per heavy atom. The summed E-state index contributed by atoms with van der Waals surface area (Å²) in [6.07, 6.45) is 7.03. The number of aromatic nitrogens is 2. The van der Waals surface area contributed by atoms with Gasteiger partial charge >= 0.3 is 5.56 Å². The molecule has 0 bridgehead atoms. The third-order valence-electron chi connectivity index (χ3n) is 2.60. The van der Waals surface area contributed by atoms with Crippen LogP contribution < -0.4 is 10.3 Å². The smallest absolute Gasteiger partial charge is 0.313 e. The lowest BCUT2D eigenvalue weighted by atomic mass is 10.2. The lowest BCUT2D eigenvalue weighted by Gasteiger charge is -2.09. The Hall–Kier alpha value is -2.25. The molecule has 0 radical (unpaired) electrons. The molecule has 1 aromatic heterocycles. The van der Waals surface area contributed by atoms with E-state index in [0.717, 1.165) is 5.56 Å². The lowest BCUT2D eigenvalue weighted by molar-refractivity contribution is 0.306. The fourth-order valence-corrected chi connectivity index (χ4v) is 1.88. The summed E-state index contributed by atoms with van der Waals surface area (Å²) in [4.78, 5) is 16.1. The van der Waals surface area contributed by atoms with Crippen molar-refractivity contribution in [2.45, 2.75) is 13.0 Å². The summed E-state index contributed by atoms with van der Waals surface area (Å²) in [5.74, 6) is 2.41. The van der Waals surface area contributed by atoms with Gasteiger partial charge in [0.15, 0.2) is 0 Å². The third-order valence-corrected chi connectivity index (χ3v) is 2.78. The molecule has 2 rings (SSSR count). The molecule has 0 aliphatic carbocycles. The third kappa shape index (κ3) is 3.62. The van der Waals surface area contributed by atoms with Crippen molar-refractivity contribution in [3.05, 3.63) is 57.6 Å². The van der Waals surface area contributed by atoms with Crippen LogP contribution in [0.25, 0.3) is 0 Å². The zero-order valence-electron chi connectivity index (χ0n) is 10.8. The van der Waals surface area contributed by atoms with Crippen LogP contribution in [0.2, 0.25) is 5.15 Å². The molecule has 0 atom stereocenters. The Morgan fingerprint density at radius 3 is 2.80 bits per heavy atom. The second-order valence-corrected chi connectivity index (χ2v) is 4.48. The number of benzene rings is 1. The predicted molar refractivity (Wildman–Crippen MR) is 78.0 cm³/mol. The normalized spacial score (nSPS) is 10.0. The van der Waals surface area contributed by atoms with Gasteiger partial charge in [-0.05, 0) is 5.56 Å². The van der Waals surface area contributed by atoms with Crippen LogP contribution >= 0.6 is 11.6 Å². The average Bonchev–Trinajstić information content (AvgIpc) is 2.45. The Morgan fingerprint density at radius 2 is 2.10 bits per heavy atom. The Labute approximate surface area is 122 Å². The van der Waals surface area contributed by atoms with Crippen LogP contribution in [0.4, 0.5) is 0 Å². The molecule has 0 aliphatic heterocycles. The molecule has 0 fully saturated rings. The maximum Gasteiger partial charge on any atom is 0.313 e. The van der Waals surface area contributed by atoms with E-state index in [2.05, 4.69) is 10.9 Å². The minimum atomic E-state index is -0.324. The van der Waals surface area contributed by atoms with E-state index in [1.54, 1.807) is 0 Å². The van der Waals surface area contributed by atoms with Crippen LogP contribution in [-0.2, 0) is 6.54 Å². The average molecular weight is 289 g/mol. The highest BCUT2D eigenvalue weighted by molar-refractivity contribution is 6.29. The van der Waals surface area contributed by atoms with Gasteiger partial charge < -0.3 is 9.30 Å². The highest BCUT2D eigenvalue weighted by Gasteiger charge is 2.09. The minimum Gasteiger partial charge on any atom is -0.473 e. The highest BCUT2D eigenvalue weighted by Crippen LogP contribution is 2.09. The fourth-order valence-electron chi connectivity index (χ4n) is 1.68. The molecule has 5 heteroatoms. The maximum absolute atomic E-state index is 12.2. The SMILES string of the molecule is C#CCCOc1nc(Cl)cn(Cc2ccccc2)c1=O. The quantitative estimate of drug-likeness (QED) is 0.627. The van der Waals surface area contributed by atoms with E-state index in [0.29, 0.717) is 13.0 Å². The second kappa shape index (κ2) is 6.78. The summed E-state index contributed by atoms with van der Waals surface area (Å²) in [5, 5.41) is 0.205. The van der Waals surface area contributed by atoms with Gasteiger partial charge in [-0.25, -0.2) is 0 Å². The van der Waals surface area contributed by atoms with E-state index in [-0.39, 0.29) is 23.2 Å². The summed E-state index contributed by atoms with van der Waals surface area (Å²) < 4.78 is 6.73. The Kier molecular flexibility index (Phi) is 4.80. The topological polar surface area (TPSA) is 44.1 Å². The zero-order chi connectivity index (χ0) is 14.4. The first-order valence-corrected chi connectivity index (χ1v) is 6.45. The molecule has 0 amide bonds. The number of hydrogen-bond donors (Lipinski definition) is 0. The van der Waals surface area contributed by atoms with Crippen molar-refractivity contribution in [1.82, 2.24) is 9.55 Å². The van der Waals surface area contributed by atoms with Crippen LogP contribution in [0, 0.1) is 12.3 Å². The van der Waals surface area contributed by atoms with Gasteiger partial charge in [0.1, 0.15) is 11.8 Å². The van der Waals surface area contributed by atoms with Gasteiger partial charge in [0.05, 0.1) is 6.54 Å². The largest absolute Gasteiger partial charge is 0.473 e. The lowest BCUT2D eigenvalue weighted by Crippen LogP contribution is -2.23. The van der Waals surface area contributed by atoms with Crippen LogP contribution in [0.15, 0.2) is 41.3 Å². The summed E-state index contributed by atoms with van der Waals surface area (Å²) in [5.41, 5.74) is 0.668. The summed E-state index contributed by atoms with van der Waals surface area (Å²) in [6.45, 7) is 0.651. The Balaban J connectivity index is 2.25. The van der Waals surface area contributed by atoms with Crippen molar-refractivity contribution < 1.29 is 4.74 Å². The van der Waals surface area contributed by atoms with Crippen LogP contribution in [0.1, 0.15) is 12.0 Å². The van der Waals surface area contributed by atoms with E-state index in [4.69, 9.17) is 22.8 Å². The summed E-state index contributed by atoms with van der Waals surface area (Å²) >= 11 is 5.91. The number of nitrogens with zero attached hydrogens (tertiary/aromatic N) is 2. The number of ether oxygens (including phenoxy) is 1. The molecule has 1 heterocycles. The van der Waals surface area contributed by atoms with Crippen molar-refractivity contribution in [3.63, 3.8) is 0 Å². The van der Waals surface area contributed by atoms with Gasteiger partial charge in [-0.3, -0.25) is 4.79 Å². The second-order valence-electron chi connectivity index (χ2n) is 4.09. The van der Waals surface area contributed by atoms with Gasteiger partial charge in [-0.15, -0.1) is 12.3 Å². The van der Waals surface area contributed by atoms with Crippen molar-refractivity contribution in [1.29, 1.82) is 0 Å². The monoisotopic (exact) mass is 288 g/mol. The molecule has 0 saturated heterocycles. The van der Waals surface area contributed by atoms with Gasteiger partial charge in [0.2, 0.25) is 0 Å². The van der Waals surface area contributed by atoms with Gasteiger partial charge in [0.25, 0.3) is 5.88 Å². The van der Waals surface area contributed by atoms with E-state index < -0.39 is 0 Å². The van der Waals surface area contributed by atoms with Crippen molar-refractivity contribution in [3.8, 4) is 18.2 Å². The predicted octanol–water partition coefficient (Wildman–Crippen LogP) is 2.35. The molecule has 0 N–H and O–H groups in total. The van der Waals surface area contributed by atoms with Gasteiger partial charge in [-0.1, -0.05) is 41.9 Å². The van der Waals surface area contributed by atoms with E-state index in [1.165, 1.54) is 10.8 Å². The van der Waals surface area contributed by atoms with Crippen molar-refractivity contribution >= 4 is 11.6 Å². The zero-order valence-corrected chi connectivity index (χ0v) is 11.5.